The number of fused-ring (bicyclic) bond motifs is 1. The predicted octanol–water partition coefficient (Wildman–Crippen LogP) is 3.78. The maximum Gasteiger partial charge on any atom is 0.257 e. The third-order valence-corrected chi connectivity index (χ3v) is 4.44. The van der Waals surface area contributed by atoms with E-state index in [2.05, 4.69) is 15.1 Å². The molecule has 0 spiro atoms. The lowest BCUT2D eigenvalue weighted by Crippen LogP contribution is -2.06. The summed E-state index contributed by atoms with van der Waals surface area (Å²) in [5.41, 5.74) is 6.52. The third-order valence-electron chi connectivity index (χ3n) is 4.24. The fraction of sp³-hybridized carbons (Fsp3) is 0.0526. The molecular weight excluding hydrogens is 388 g/mol. The van der Waals surface area contributed by atoms with Gasteiger partial charge in [-0.1, -0.05) is 30.3 Å². The van der Waals surface area contributed by atoms with Crippen LogP contribution >= 0.6 is 11.6 Å². The Morgan fingerprint density at radius 2 is 1.86 bits per heavy atom. The van der Waals surface area contributed by atoms with E-state index in [9.17, 15) is 13.6 Å². The highest BCUT2D eigenvalue weighted by atomic mass is 35.5. The number of benzene rings is 2. The van der Waals surface area contributed by atoms with Gasteiger partial charge in [0, 0.05) is 17.1 Å². The number of para-hydroxylation sites is 1. The van der Waals surface area contributed by atoms with Crippen LogP contribution in [0, 0.1) is 11.6 Å². The summed E-state index contributed by atoms with van der Waals surface area (Å²) >= 11 is 5.43. The lowest BCUT2D eigenvalue weighted by atomic mass is 10.1. The molecule has 0 aliphatic heterocycles. The minimum absolute atomic E-state index is 0.0117. The highest BCUT2D eigenvalue weighted by molar-refractivity contribution is 6.68. The number of nitrogen functional groups attached to an aromatic ring is 1. The Labute approximate surface area is 162 Å². The van der Waals surface area contributed by atoms with Gasteiger partial charge in [0.25, 0.3) is 5.24 Å². The highest BCUT2D eigenvalue weighted by Gasteiger charge is 2.20. The average Bonchev–Trinajstić information content (AvgIpc) is 3.03. The van der Waals surface area contributed by atoms with Crippen LogP contribution in [0.15, 0.2) is 48.7 Å². The van der Waals surface area contributed by atoms with Crippen molar-refractivity contribution >= 4 is 33.6 Å². The van der Waals surface area contributed by atoms with Crippen LogP contribution in [-0.2, 0) is 6.54 Å². The van der Waals surface area contributed by atoms with E-state index < -0.39 is 16.9 Å². The van der Waals surface area contributed by atoms with Crippen LogP contribution in [0.25, 0.3) is 22.4 Å². The van der Waals surface area contributed by atoms with Gasteiger partial charge < -0.3 is 5.73 Å². The van der Waals surface area contributed by atoms with Crippen molar-refractivity contribution in [1.29, 1.82) is 0 Å². The first-order chi connectivity index (χ1) is 13.5. The minimum Gasteiger partial charge on any atom is -0.383 e. The van der Waals surface area contributed by atoms with Crippen LogP contribution < -0.4 is 5.73 Å². The number of anilines is 1. The Morgan fingerprint density at radius 1 is 1.11 bits per heavy atom. The molecule has 0 atom stereocenters. The molecule has 2 aromatic carbocycles. The first kappa shape index (κ1) is 18.0. The zero-order valence-electron chi connectivity index (χ0n) is 14.2. The lowest BCUT2D eigenvalue weighted by Gasteiger charge is -2.05. The molecule has 4 rings (SSSR count). The summed E-state index contributed by atoms with van der Waals surface area (Å²) in [6, 6.07) is 10.6. The minimum atomic E-state index is -0.787. The normalized spacial score (nSPS) is 11.1. The van der Waals surface area contributed by atoms with Gasteiger partial charge in [-0.05, 0) is 23.7 Å². The van der Waals surface area contributed by atoms with Gasteiger partial charge in [-0.25, -0.2) is 18.7 Å². The van der Waals surface area contributed by atoms with Gasteiger partial charge in [0.1, 0.15) is 28.7 Å². The molecule has 28 heavy (non-hydrogen) atoms. The number of carbonyl (C=O) groups excluding carboxylic acids is 1. The summed E-state index contributed by atoms with van der Waals surface area (Å²) in [4.78, 5) is 19.5. The fourth-order valence-corrected chi connectivity index (χ4v) is 3.07. The lowest BCUT2D eigenvalue weighted by molar-refractivity contribution is 0.108. The van der Waals surface area contributed by atoms with E-state index in [1.54, 1.807) is 24.3 Å². The van der Waals surface area contributed by atoms with Crippen molar-refractivity contribution in [3.63, 3.8) is 0 Å². The average molecular weight is 400 g/mol. The summed E-state index contributed by atoms with van der Waals surface area (Å²) in [5.74, 6) is -0.956. The molecule has 0 aliphatic carbocycles. The molecule has 0 radical (unpaired) electrons. The molecule has 4 aromatic rings. The van der Waals surface area contributed by atoms with E-state index in [4.69, 9.17) is 17.3 Å². The monoisotopic (exact) mass is 399 g/mol. The molecule has 9 heteroatoms. The van der Waals surface area contributed by atoms with E-state index in [0.29, 0.717) is 10.9 Å². The second-order valence-corrected chi connectivity index (χ2v) is 6.34. The van der Waals surface area contributed by atoms with Crippen molar-refractivity contribution in [2.45, 2.75) is 6.54 Å². The van der Waals surface area contributed by atoms with E-state index >= 15 is 0 Å². The van der Waals surface area contributed by atoms with Gasteiger partial charge in [0.2, 0.25) is 0 Å². The van der Waals surface area contributed by atoms with E-state index in [1.165, 1.54) is 29.1 Å². The van der Waals surface area contributed by atoms with Gasteiger partial charge in [-0.3, -0.25) is 9.48 Å². The number of nitrogens with zero attached hydrogens (tertiary/aromatic N) is 4. The molecule has 0 amide bonds. The SMILES string of the molecule is Nc1nc(-c2nn(Cc3ccccc3F)c3c(F)cccc23)ncc1C(=O)Cl. The molecule has 0 saturated carbocycles. The molecule has 0 fully saturated rings. The largest absolute Gasteiger partial charge is 0.383 e. The maximum atomic E-state index is 14.5. The smallest absolute Gasteiger partial charge is 0.257 e. The Balaban J connectivity index is 1.89. The summed E-state index contributed by atoms with van der Waals surface area (Å²) in [6.45, 7) is 0.0117. The number of halogens is 3. The van der Waals surface area contributed by atoms with Gasteiger partial charge in [-0.2, -0.15) is 5.10 Å². The molecule has 2 N–H and O–H groups in total. The summed E-state index contributed by atoms with van der Waals surface area (Å²) in [5, 5.41) is 4.03. The first-order valence-corrected chi connectivity index (χ1v) is 8.54. The van der Waals surface area contributed by atoms with Crippen molar-refractivity contribution in [3.05, 3.63) is 71.4 Å². The number of rotatable bonds is 4. The first-order valence-electron chi connectivity index (χ1n) is 8.17. The topological polar surface area (TPSA) is 86.7 Å². The van der Waals surface area contributed by atoms with Crippen molar-refractivity contribution in [1.82, 2.24) is 19.7 Å². The zero-order chi connectivity index (χ0) is 19.8. The molecule has 0 aliphatic rings. The number of hydrogen-bond donors (Lipinski definition) is 1. The van der Waals surface area contributed by atoms with Gasteiger partial charge in [0.15, 0.2) is 5.82 Å². The standard InChI is InChI=1S/C19H12ClF2N5O/c20-17(28)12-8-24-19(25-18(12)23)15-11-5-3-7-14(22)16(11)27(26-15)9-10-4-1-2-6-13(10)21/h1-8H,9H2,(H2,23,24,25). The second kappa shape index (κ2) is 6.97. The maximum absolute atomic E-state index is 14.5. The Hall–Kier alpha value is -3.39. The third kappa shape index (κ3) is 3.07. The van der Waals surface area contributed by atoms with Crippen LogP contribution in [0.3, 0.4) is 0 Å². The summed E-state index contributed by atoms with van der Waals surface area (Å²) in [7, 11) is 0. The highest BCUT2D eigenvalue weighted by Crippen LogP contribution is 2.29. The van der Waals surface area contributed by atoms with E-state index in [-0.39, 0.29) is 35.0 Å². The Kier molecular flexibility index (Phi) is 4.48. The number of hydrogen-bond acceptors (Lipinski definition) is 5. The van der Waals surface area contributed by atoms with Crippen LogP contribution in [-0.4, -0.2) is 25.0 Å². The Morgan fingerprint density at radius 3 is 2.57 bits per heavy atom. The van der Waals surface area contributed by atoms with Crippen molar-refractivity contribution in [2.24, 2.45) is 0 Å². The second-order valence-electron chi connectivity index (χ2n) is 6.00. The number of carbonyl (C=O) groups is 1. The van der Waals surface area contributed by atoms with Gasteiger partial charge in [-0.15, -0.1) is 0 Å². The van der Waals surface area contributed by atoms with Crippen LogP contribution in [0.5, 0.6) is 0 Å². The molecule has 0 bridgehead atoms. The molecule has 6 nitrogen and oxygen atoms in total. The number of aromatic nitrogens is 4. The summed E-state index contributed by atoms with van der Waals surface area (Å²) in [6.07, 6.45) is 1.19. The molecule has 140 valence electrons. The van der Waals surface area contributed by atoms with E-state index in [0.717, 1.165) is 0 Å². The quantitative estimate of drug-likeness (QED) is 0.528. The summed E-state index contributed by atoms with van der Waals surface area (Å²) < 4.78 is 30.0. The van der Waals surface area contributed by atoms with Gasteiger partial charge >= 0.3 is 0 Å². The zero-order valence-corrected chi connectivity index (χ0v) is 15.0. The van der Waals surface area contributed by atoms with Crippen molar-refractivity contribution in [3.8, 4) is 11.5 Å². The molecule has 2 aromatic heterocycles. The van der Waals surface area contributed by atoms with Crippen molar-refractivity contribution < 1.29 is 13.6 Å². The molecule has 2 heterocycles. The van der Waals surface area contributed by atoms with Crippen LogP contribution in [0.4, 0.5) is 14.6 Å². The van der Waals surface area contributed by atoms with Crippen molar-refractivity contribution in [2.75, 3.05) is 5.73 Å². The number of nitrogens with two attached hydrogens (primary N) is 1. The predicted molar refractivity (Wildman–Crippen MR) is 101 cm³/mol. The van der Waals surface area contributed by atoms with E-state index in [1.807, 2.05) is 0 Å². The molecular formula is C19H12ClF2N5O. The van der Waals surface area contributed by atoms with Gasteiger partial charge in [0.05, 0.1) is 12.1 Å². The van der Waals surface area contributed by atoms with Crippen LogP contribution in [0.2, 0.25) is 0 Å². The van der Waals surface area contributed by atoms with Crippen LogP contribution in [0.1, 0.15) is 15.9 Å². The molecule has 0 saturated heterocycles. The fourth-order valence-electron chi connectivity index (χ4n) is 2.92. The Bertz CT molecular complexity index is 1220. The molecule has 0 unspecified atom stereocenters.